The minimum absolute atomic E-state index is 0.0469. The molecular formula is C49H93N5O4. The Morgan fingerprint density at radius 1 is 0.897 bits per heavy atom. The van der Waals surface area contributed by atoms with Crippen LogP contribution in [-0.2, 0) is 9.59 Å². The monoisotopic (exact) mass is 816 g/mol. The maximum Gasteiger partial charge on any atom is 0.217 e. The molecule has 1 amide bonds. The average molecular weight is 816 g/mol. The first-order valence-corrected chi connectivity index (χ1v) is 24.2. The number of carbonyl (C=O) groups excluding carboxylic acids is 2. The Hall–Kier alpha value is -1.91. The molecule has 0 aromatic heterocycles. The van der Waals surface area contributed by atoms with Gasteiger partial charge in [0.1, 0.15) is 12.5 Å². The van der Waals surface area contributed by atoms with Gasteiger partial charge in [-0.15, -0.1) is 6.58 Å². The van der Waals surface area contributed by atoms with Gasteiger partial charge in [-0.05, 0) is 103 Å². The first-order chi connectivity index (χ1) is 27.8. The van der Waals surface area contributed by atoms with Gasteiger partial charge in [-0.3, -0.25) is 24.7 Å². The Bertz CT molecular complexity index is 1130. The fraction of sp³-hybridized carbons (Fsp3) is 0.857. The molecule has 1 fully saturated rings. The van der Waals surface area contributed by atoms with Crippen LogP contribution >= 0.6 is 0 Å². The Labute approximate surface area is 357 Å². The van der Waals surface area contributed by atoms with Gasteiger partial charge in [-0.25, -0.2) is 0 Å². The van der Waals surface area contributed by atoms with Crippen molar-refractivity contribution in [1.82, 2.24) is 15.1 Å². The van der Waals surface area contributed by atoms with E-state index >= 15 is 0 Å². The van der Waals surface area contributed by atoms with Crippen LogP contribution in [0.5, 0.6) is 0 Å². The highest BCUT2D eigenvalue weighted by molar-refractivity contribution is 6.40. The lowest BCUT2D eigenvalue weighted by Crippen LogP contribution is -2.59. The quantitative estimate of drug-likeness (QED) is 0.0185. The lowest BCUT2D eigenvalue weighted by atomic mass is 9.86. The highest BCUT2D eigenvalue weighted by atomic mass is 16.3. The summed E-state index contributed by atoms with van der Waals surface area (Å²) in [4.78, 5) is 30.6. The second-order valence-electron chi connectivity index (χ2n) is 18.0. The Morgan fingerprint density at radius 2 is 1.48 bits per heavy atom. The lowest BCUT2D eigenvalue weighted by Gasteiger charge is -2.46. The number of amides is 1. The Kier molecular flexibility index (Phi) is 30.6. The molecule has 1 saturated heterocycles. The van der Waals surface area contributed by atoms with Gasteiger partial charge in [0.2, 0.25) is 5.91 Å². The molecule has 6 N–H and O–H groups in total. The average Bonchev–Trinajstić information content (AvgIpc) is 3.20. The smallest absolute Gasteiger partial charge is 0.217 e. The third kappa shape index (κ3) is 22.1. The molecule has 9 nitrogen and oxygen atoms in total. The topological polar surface area (TPSA) is 143 Å². The molecule has 9 heteroatoms. The van der Waals surface area contributed by atoms with Crippen molar-refractivity contribution in [3.8, 4) is 0 Å². The van der Waals surface area contributed by atoms with Gasteiger partial charge in [0.05, 0.1) is 11.8 Å². The fourth-order valence-electron chi connectivity index (χ4n) is 8.97. The van der Waals surface area contributed by atoms with Crippen molar-refractivity contribution in [1.29, 1.82) is 5.41 Å². The van der Waals surface area contributed by atoms with E-state index < -0.39 is 24.4 Å². The second-order valence-corrected chi connectivity index (χ2v) is 18.0. The van der Waals surface area contributed by atoms with Gasteiger partial charge >= 0.3 is 0 Å². The van der Waals surface area contributed by atoms with Crippen molar-refractivity contribution < 1.29 is 19.8 Å². The number of allylic oxidation sites excluding steroid dienone is 1. The van der Waals surface area contributed by atoms with Crippen LogP contribution in [0, 0.1) is 17.2 Å². The summed E-state index contributed by atoms with van der Waals surface area (Å²) in [6, 6.07) is -0.982. The number of unbranched alkanes of at least 4 members (excludes halogenated alkanes) is 10. The van der Waals surface area contributed by atoms with E-state index in [-0.39, 0.29) is 42.0 Å². The highest BCUT2D eigenvalue weighted by Crippen LogP contribution is 2.32. The Morgan fingerprint density at radius 3 is 2.03 bits per heavy atom. The van der Waals surface area contributed by atoms with Crippen molar-refractivity contribution in [2.45, 2.75) is 246 Å². The number of rotatable bonds is 35. The number of aliphatic hydroxyl groups is 2. The first-order valence-electron chi connectivity index (χ1n) is 24.2. The molecule has 1 heterocycles. The van der Waals surface area contributed by atoms with Crippen LogP contribution in [-0.4, -0.2) is 87.1 Å². The third-order valence-electron chi connectivity index (χ3n) is 12.8. The molecule has 8 atom stereocenters. The molecular weight excluding hydrogens is 723 g/mol. The summed E-state index contributed by atoms with van der Waals surface area (Å²) in [7, 11) is 0. The van der Waals surface area contributed by atoms with E-state index in [4.69, 9.17) is 5.73 Å². The molecule has 58 heavy (non-hydrogen) atoms. The van der Waals surface area contributed by atoms with E-state index in [2.05, 4.69) is 69.3 Å². The number of hydrogen-bond donors (Lipinski definition) is 5. The molecule has 0 bridgehead atoms. The Balaban J connectivity index is 3.30. The zero-order chi connectivity index (χ0) is 43.3. The van der Waals surface area contributed by atoms with E-state index in [1.807, 2.05) is 6.92 Å². The number of nitrogens with two attached hydrogens (primary N) is 1. The summed E-state index contributed by atoms with van der Waals surface area (Å²) < 4.78 is 0. The molecule has 0 saturated carbocycles. The summed E-state index contributed by atoms with van der Waals surface area (Å²) in [5.74, 6) is 0.0346. The lowest BCUT2D eigenvalue weighted by molar-refractivity contribution is -0.125. The summed E-state index contributed by atoms with van der Waals surface area (Å²) in [5, 5.41) is 36.0. The molecule has 1 aliphatic heterocycles. The predicted octanol–water partition coefficient (Wildman–Crippen LogP) is 10.6. The highest BCUT2D eigenvalue weighted by Gasteiger charge is 2.38. The number of hydrogen-bond acceptors (Lipinski definition) is 8. The number of primary amides is 1. The van der Waals surface area contributed by atoms with Gasteiger partial charge in [-0.2, -0.15) is 0 Å². The molecule has 338 valence electrons. The van der Waals surface area contributed by atoms with Gasteiger partial charge < -0.3 is 21.4 Å². The maximum absolute atomic E-state index is 14.6. The van der Waals surface area contributed by atoms with Gasteiger partial charge in [0, 0.05) is 24.5 Å². The summed E-state index contributed by atoms with van der Waals surface area (Å²) >= 11 is 0. The summed E-state index contributed by atoms with van der Waals surface area (Å²) in [5.41, 5.74) is 6.81. The molecule has 8 unspecified atom stereocenters. The van der Waals surface area contributed by atoms with Crippen LogP contribution in [0.3, 0.4) is 0 Å². The van der Waals surface area contributed by atoms with Crippen LogP contribution in [0.15, 0.2) is 24.3 Å². The number of carbonyl (C=O) groups is 2. The van der Waals surface area contributed by atoms with Crippen molar-refractivity contribution in [3.05, 3.63) is 24.3 Å². The molecule has 0 radical (unpaired) electrons. The molecule has 0 aliphatic carbocycles. The zero-order valence-corrected chi connectivity index (χ0v) is 38.8. The van der Waals surface area contributed by atoms with Crippen LogP contribution in [0.1, 0.15) is 209 Å². The van der Waals surface area contributed by atoms with Crippen LogP contribution in [0.2, 0.25) is 0 Å². The van der Waals surface area contributed by atoms with Gasteiger partial charge in [-0.1, -0.05) is 142 Å². The summed E-state index contributed by atoms with van der Waals surface area (Å²) in [6.45, 7) is 21.0. The minimum atomic E-state index is -0.967. The van der Waals surface area contributed by atoms with Crippen molar-refractivity contribution >= 4 is 17.4 Å². The van der Waals surface area contributed by atoms with Crippen molar-refractivity contribution in [3.63, 3.8) is 0 Å². The number of ketones is 1. The minimum Gasteiger partial charge on any atom is -0.378 e. The molecule has 0 spiro atoms. The standard InChI is InChI=1S/C49H93N5O4/c1-9-14-16-18-20-24-35-53(36-25-21-19-17-15-10-2)45(37-39(7)30-29-38(6)26-11-3)47(56)44(50)33-31-41-27-22-23-28-43(13-5)54(49(41)58)40(8)48(57)52-42(12-4)32-34-46(51)55/h12,30,38,40-43,45,48-50,52,57-58H,4,9-11,13-29,31-37H2,1-3,5-8H3,(H2,51,55). The second kappa shape index (κ2) is 32.8. The van der Waals surface area contributed by atoms with Crippen molar-refractivity contribution in [2.24, 2.45) is 17.6 Å². The SMILES string of the molecule is C=CC(CCC(N)=O)NC(O)C(C)N1C(CC)CCCCC(CCC(=N)C(=O)C(CC(C)=CCC(C)CCC)N(CCCCCCCC)CCCCCCCC)C1O. The number of Topliss-reactive ketones (excluding diaryl/α,β-unsaturated/α-hetero) is 1. The molecule has 1 aliphatic rings. The van der Waals surface area contributed by atoms with Crippen LogP contribution in [0.4, 0.5) is 0 Å². The van der Waals surface area contributed by atoms with E-state index in [9.17, 15) is 25.2 Å². The molecule has 0 aromatic rings. The number of nitrogens with zero attached hydrogens (tertiary/aromatic N) is 2. The van der Waals surface area contributed by atoms with Gasteiger partial charge in [0.25, 0.3) is 0 Å². The fourth-order valence-corrected chi connectivity index (χ4v) is 8.97. The first kappa shape index (κ1) is 54.1. The van der Waals surface area contributed by atoms with Gasteiger partial charge in [0.15, 0.2) is 5.78 Å². The maximum atomic E-state index is 14.6. The number of aliphatic hydroxyl groups excluding tert-OH is 2. The van der Waals surface area contributed by atoms with Crippen LogP contribution < -0.4 is 11.1 Å². The van der Waals surface area contributed by atoms with E-state index in [0.717, 1.165) is 64.5 Å². The van der Waals surface area contributed by atoms with E-state index in [1.54, 1.807) is 6.08 Å². The predicted molar refractivity (Wildman–Crippen MR) is 246 cm³/mol. The van der Waals surface area contributed by atoms with Crippen LogP contribution in [0.25, 0.3) is 0 Å². The van der Waals surface area contributed by atoms with Crippen molar-refractivity contribution in [2.75, 3.05) is 13.1 Å². The number of nitrogens with one attached hydrogen (secondary N) is 2. The normalized spacial score (nSPS) is 20.9. The molecule has 1 rings (SSSR count). The zero-order valence-electron chi connectivity index (χ0n) is 38.8. The van der Waals surface area contributed by atoms with E-state index in [0.29, 0.717) is 31.6 Å². The number of likely N-dealkylation sites (tertiary alicyclic amines) is 1. The third-order valence-corrected chi connectivity index (χ3v) is 12.8. The summed E-state index contributed by atoms with van der Waals surface area (Å²) in [6.07, 6.45) is 26.9. The molecule has 0 aromatic carbocycles. The largest absolute Gasteiger partial charge is 0.378 e. The van der Waals surface area contributed by atoms with E-state index in [1.165, 1.54) is 82.6 Å².